The third kappa shape index (κ3) is 5.21. The second-order valence-corrected chi connectivity index (χ2v) is 4.65. The van der Waals surface area contributed by atoms with Crippen LogP contribution in [0.15, 0.2) is 18.2 Å². The van der Waals surface area contributed by atoms with E-state index in [9.17, 15) is 0 Å². The lowest BCUT2D eigenvalue weighted by molar-refractivity contribution is 0.547. The molecule has 2 N–H and O–H groups in total. The molecule has 0 bridgehead atoms. The van der Waals surface area contributed by atoms with Crippen LogP contribution < -0.4 is 10.6 Å². The van der Waals surface area contributed by atoms with Gasteiger partial charge in [0.1, 0.15) is 0 Å². The second-order valence-electron chi connectivity index (χ2n) is 3.81. The summed E-state index contributed by atoms with van der Waals surface area (Å²) in [5.41, 5.74) is 1.10. The van der Waals surface area contributed by atoms with Crippen molar-refractivity contribution in [1.29, 1.82) is 0 Å². The highest BCUT2D eigenvalue weighted by atomic mass is 35.5. The number of hydrogen-bond donors (Lipinski definition) is 2. The summed E-state index contributed by atoms with van der Waals surface area (Å²) in [6.07, 6.45) is 1.19. The molecule has 2 nitrogen and oxygen atoms in total. The molecule has 0 spiro atoms. The topological polar surface area (TPSA) is 24.1 Å². The minimum atomic E-state index is 0. The molecule has 2 rings (SSSR count). The largest absolute Gasteiger partial charge is 0.315 e. The Bertz CT molecular complexity index is 340. The highest BCUT2D eigenvalue weighted by molar-refractivity contribution is 6.35. The minimum absolute atomic E-state index is 0. The number of rotatable bonds is 3. The van der Waals surface area contributed by atoms with Crippen molar-refractivity contribution in [3.05, 3.63) is 33.8 Å². The van der Waals surface area contributed by atoms with Crippen LogP contribution >= 0.6 is 48.0 Å². The molecule has 0 radical (unpaired) electrons. The maximum atomic E-state index is 6.07. The lowest BCUT2D eigenvalue weighted by Crippen LogP contribution is -2.30. The molecule has 0 aliphatic carbocycles. The molecule has 1 aliphatic heterocycles. The Hall–Kier alpha value is 0.300. The van der Waals surface area contributed by atoms with E-state index in [1.54, 1.807) is 6.07 Å². The number of benzene rings is 1. The van der Waals surface area contributed by atoms with Gasteiger partial charge in [-0.25, -0.2) is 0 Å². The molecule has 1 aromatic carbocycles. The first-order valence-electron chi connectivity index (χ1n) is 5.14. The summed E-state index contributed by atoms with van der Waals surface area (Å²) in [5, 5.41) is 8.21. The van der Waals surface area contributed by atoms with Gasteiger partial charge in [0.05, 0.1) is 0 Å². The van der Waals surface area contributed by atoms with Crippen molar-refractivity contribution < 1.29 is 0 Å². The van der Waals surface area contributed by atoms with Crippen LogP contribution in [-0.2, 0) is 6.54 Å². The van der Waals surface area contributed by atoms with E-state index in [1.807, 2.05) is 12.1 Å². The summed E-state index contributed by atoms with van der Waals surface area (Å²) in [4.78, 5) is 0. The van der Waals surface area contributed by atoms with Gasteiger partial charge in [-0.3, -0.25) is 0 Å². The summed E-state index contributed by atoms with van der Waals surface area (Å²) in [7, 11) is 0. The number of halogens is 4. The van der Waals surface area contributed by atoms with E-state index in [0.717, 1.165) is 30.2 Å². The van der Waals surface area contributed by atoms with E-state index in [-0.39, 0.29) is 24.8 Å². The first kappa shape index (κ1) is 17.3. The Morgan fingerprint density at radius 2 is 2.06 bits per heavy atom. The van der Waals surface area contributed by atoms with Crippen LogP contribution in [0.3, 0.4) is 0 Å². The third-order valence-electron chi connectivity index (χ3n) is 2.66. The van der Waals surface area contributed by atoms with Gasteiger partial charge in [0.2, 0.25) is 0 Å². The molecule has 98 valence electrons. The van der Waals surface area contributed by atoms with Crippen LogP contribution in [-0.4, -0.2) is 19.1 Å². The third-order valence-corrected chi connectivity index (χ3v) is 3.24. The van der Waals surface area contributed by atoms with Crippen molar-refractivity contribution in [2.24, 2.45) is 0 Å². The Morgan fingerprint density at radius 3 is 2.65 bits per heavy atom. The Balaban J connectivity index is 0.00000128. The van der Waals surface area contributed by atoms with Gasteiger partial charge in [0.15, 0.2) is 0 Å². The molecule has 1 aromatic rings. The lowest BCUT2D eigenvalue weighted by Gasteiger charge is -2.12. The standard InChI is InChI=1S/C11H14Cl2N2.2ClH/c12-9-2-1-8(11(13)5-9)6-15-10-3-4-14-7-10;;/h1-2,5,10,14-15H,3-4,6-7H2;2*1H. The van der Waals surface area contributed by atoms with Crippen molar-refractivity contribution >= 4 is 48.0 Å². The van der Waals surface area contributed by atoms with Gasteiger partial charge in [-0.15, -0.1) is 24.8 Å². The summed E-state index contributed by atoms with van der Waals surface area (Å²) in [5.74, 6) is 0. The van der Waals surface area contributed by atoms with Crippen LogP contribution in [0.25, 0.3) is 0 Å². The molecule has 1 atom stereocenters. The van der Waals surface area contributed by atoms with Gasteiger partial charge >= 0.3 is 0 Å². The second kappa shape index (κ2) is 8.41. The molecule has 0 aromatic heterocycles. The van der Waals surface area contributed by atoms with Crippen LogP contribution in [0, 0.1) is 0 Å². The zero-order valence-electron chi connectivity index (χ0n) is 9.21. The predicted molar refractivity (Wildman–Crippen MR) is 79.1 cm³/mol. The molecule has 0 amide bonds. The summed E-state index contributed by atoms with van der Waals surface area (Å²) in [6, 6.07) is 6.20. The maximum Gasteiger partial charge on any atom is 0.0465 e. The predicted octanol–water partition coefficient (Wildman–Crippen LogP) is 3.29. The van der Waals surface area contributed by atoms with E-state index in [2.05, 4.69) is 10.6 Å². The molecule has 6 heteroatoms. The molecule has 0 saturated carbocycles. The normalized spacial score (nSPS) is 18.4. The molecule has 1 heterocycles. The molecule has 1 aliphatic rings. The average molecular weight is 318 g/mol. The molecular formula is C11H16Cl4N2. The maximum absolute atomic E-state index is 6.07. The number of nitrogens with one attached hydrogen (secondary N) is 2. The first-order chi connectivity index (χ1) is 7.25. The number of hydrogen-bond acceptors (Lipinski definition) is 2. The van der Waals surface area contributed by atoms with Crippen LogP contribution in [0.5, 0.6) is 0 Å². The van der Waals surface area contributed by atoms with E-state index in [4.69, 9.17) is 23.2 Å². The van der Waals surface area contributed by atoms with Crippen LogP contribution in [0.2, 0.25) is 10.0 Å². The van der Waals surface area contributed by atoms with Gasteiger partial charge in [-0.05, 0) is 30.7 Å². The van der Waals surface area contributed by atoms with Crippen molar-refractivity contribution in [3.63, 3.8) is 0 Å². The fraction of sp³-hybridized carbons (Fsp3) is 0.455. The first-order valence-corrected chi connectivity index (χ1v) is 5.89. The SMILES string of the molecule is Cl.Cl.Clc1ccc(CNC2CCNC2)c(Cl)c1. The Labute approximate surface area is 124 Å². The molecule has 1 fully saturated rings. The van der Waals surface area contributed by atoms with Gasteiger partial charge < -0.3 is 10.6 Å². The summed E-state index contributed by atoms with van der Waals surface area (Å²) in [6.45, 7) is 2.96. The van der Waals surface area contributed by atoms with Gasteiger partial charge in [0.25, 0.3) is 0 Å². The highest BCUT2D eigenvalue weighted by Crippen LogP contribution is 2.20. The smallest absolute Gasteiger partial charge is 0.0465 e. The molecule has 1 saturated heterocycles. The summed E-state index contributed by atoms with van der Waals surface area (Å²) >= 11 is 11.9. The molecule has 1 unspecified atom stereocenters. The van der Waals surface area contributed by atoms with Gasteiger partial charge in [-0.1, -0.05) is 29.3 Å². The van der Waals surface area contributed by atoms with Crippen molar-refractivity contribution in [1.82, 2.24) is 10.6 Å². The average Bonchev–Trinajstić information content (AvgIpc) is 2.69. The molecule has 17 heavy (non-hydrogen) atoms. The van der Waals surface area contributed by atoms with Crippen molar-refractivity contribution in [3.8, 4) is 0 Å². The van der Waals surface area contributed by atoms with E-state index in [0.29, 0.717) is 11.1 Å². The monoisotopic (exact) mass is 316 g/mol. The van der Waals surface area contributed by atoms with Crippen molar-refractivity contribution in [2.45, 2.75) is 19.0 Å². The lowest BCUT2D eigenvalue weighted by atomic mass is 10.2. The quantitative estimate of drug-likeness (QED) is 0.894. The van der Waals surface area contributed by atoms with E-state index >= 15 is 0 Å². The minimum Gasteiger partial charge on any atom is -0.315 e. The highest BCUT2D eigenvalue weighted by Gasteiger charge is 2.13. The fourth-order valence-corrected chi connectivity index (χ4v) is 2.22. The van der Waals surface area contributed by atoms with Crippen LogP contribution in [0.4, 0.5) is 0 Å². The zero-order chi connectivity index (χ0) is 10.7. The Kier molecular flexibility index (Phi) is 8.56. The van der Waals surface area contributed by atoms with Crippen molar-refractivity contribution in [2.75, 3.05) is 13.1 Å². The fourth-order valence-electron chi connectivity index (χ4n) is 1.75. The summed E-state index contributed by atoms with van der Waals surface area (Å²) < 4.78 is 0. The van der Waals surface area contributed by atoms with E-state index < -0.39 is 0 Å². The van der Waals surface area contributed by atoms with Gasteiger partial charge in [-0.2, -0.15) is 0 Å². The molecular weight excluding hydrogens is 302 g/mol. The Morgan fingerprint density at radius 1 is 1.29 bits per heavy atom. The van der Waals surface area contributed by atoms with Gasteiger partial charge in [0, 0.05) is 29.2 Å². The zero-order valence-corrected chi connectivity index (χ0v) is 12.4. The van der Waals surface area contributed by atoms with Crippen LogP contribution in [0.1, 0.15) is 12.0 Å². The van der Waals surface area contributed by atoms with E-state index in [1.165, 1.54) is 6.42 Å².